The van der Waals surface area contributed by atoms with Gasteiger partial charge in [-0.2, -0.15) is 0 Å². The highest BCUT2D eigenvalue weighted by atomic mass is 32.1. The molecule has 0 atom stereocenters. The van der Waals surface area contributed by atoms with Gasteiger partial charge in [0.1, 0.15) is 28.3 Å². The molecule has 0 bridgehead atoms. The van der Waals surface area contributed by atoms with Gasteiger partial charge in [0.05, 0.1) is 5.39 Å². The maximum atomic E-state index is 13.3. The lowest BCUT2D eigenvalue weighted by Crippen LogP contribution is -2.55. The summed E-state index contributed by atoms with van der Waals surface area (Å²) in [5.41, 5.74) is 1.04. The smallest absolute Gasteiger partial charge is 0.322 e. The van der Waals surface area contributed by atoms with Gasteiger partial charge in [0, 0.05) is 24.0 Å². The number of urea groups is 1. The number of imide groups is 1. The number of hydrogen-bond donors (Lipinski definition) is 2. The Labute approximate surface area is 163 Å². The van der Waals surface area contributed by atoms with Gasteiger partial charge in [-0.3, -0.25) is 10.1 Å². The summed E-state index contributed by atoms with van der Waals surface area (Å²) in [5, 5.41) is 8.04. The van der Waals surface area contributed by atoms with E-state index in [2.05, 4.69) is 25.5 Å². The van der Waals surface area contributed by atoms with Crippen LogP contribution < -0.4 is 15.5 Å². The van der Waals surface area contributed by atoms with Gasteiger partial charge in [0.15, 0.2) is 0 Å². The van der Waals surface area contributed by atoms with E-state index in [1.807, 2.05) is 5.38 Å². The summed E-state index contributed by atoms with van der Waals surface area (Å²) in [5.74, 6) is 0.260. The van der Waals surface area contributed by atoms with Crippen LogP contribution in [-0.2, 0) is 4.79 Å². The molecule has 28 heavy (non-hydrogen) atoms. The van der Waals surface area contributed by atoms with Crippen LogP contribution in [-0.4, -0.2) is 40.5 Å². The predicted octanol–water partition coefficient (Wildman–Crippen LogP) is 2.68. The van der Waals surface area contributed by atoms with Crippen molar-refractivity contribution in [3.63, 3.8) is 0 Å². The van der Waals surface area contributed by atoms with E-state index in [1.165, 1.54) is 29.8 Å². The third-order valence-corrected chi connectivity index (χ3v) is 6.32. The van der Waals surface area contributed by atoms with Crippen LogP contribution in [0.5, 0.6) is 0 Å². The Morgan fingerprint density at radius 2 is 1.86 bits per heavy atom. The lowest BCUT2D eigenvalue weighted by Gasteiger charge is -2.37. The topological polar surface area (TPSA) is 87.2 Å². The van der Waals surface area contributed by atoms with E-state index in [0.29, 0.717) is 25.9 Å². The number of piperidine rings is 1. The number of fused-ring (bicyclic) bond motifs is 1. The quantitative estimate of drug-likeness (QED) is 0.650. The number of carbonyl (C=O) groups is 2. The van der Waals surface area contributed by atoms with Crippen molar-refractivity contribution in [3.8, 4) is 11.1 Å². The summed E-state index contributed by atoms with van der Waals surface area (Å²) in [7, 11) is 0. The van der Waals surface area contributed by atoms with Gasteiger partial charge >= 0.3 is 6.03 Å². The zero-order valence-electron chi connectivity index (χ0n) is 14.7. The van der Waals surface area contributed by atoms with Crippen LogP contribution in [0, 0.1) is 5.82 Å². The molecular weight excluding hydrogens is 381 g/mol. The van der Waals surface area contributed by atoms with Gasteiger partial charge in [-0.15, -0.1) is 11.3 Å². The van der Waals surface area contributed by atoms with Crippen molar-refractivity contribution in [2.24, 2.45) is 0 Å². The van der Waals surface area contributed by atoms with Crippen LogP contribution in [0.2, 0.25) is 0 Å². The fraction of sp³-hybridized carbons (Fsp3) is 0.263. The van der Waals surface area contributed by atoms with Gasteiger partial charge in [-0.25, -0.2) is 19.2 Å². The van der Waals surface area contributed by atoms with Crippen molar-refractivity contribution < 1.29 is 14.0 Å². The van der Waals surface area contributed by atoms with Crippen LogP contribution in [0.3, 0.4) is 0 Å². The van der Waals surface area contributed by atoms with Crippen LogP contribution in [0.4, 0.5) is 15.0 Å². The molecule has 0 saturated carbocycles. The number of carbonyl (C=O) groups excluding carboxylic acids is 2. The van der Waals surface area contributed by atoms with E-state index in [9.17, 15) is 14.0 Å². The van der Waals surface area contributed by atoms with Crippen LogP contribution >= 0.6 is 11.3 Å². The van der Waals surface area contributed by atoms with Gasteiger partial charge in [-0.1, -0.05) is 12.1 Å². The molecule has 0 unspecified atom stereocenters. The van der Waals surface area contributed by atoms with Crippen molar-refractivity contribution in [1.29, 1.82) is 0 Å². The Balaban J connectivity index is 1.50. The molecular formula is C19H16FN5O2S. The SMILES string of the molecule is O=C1NC(=O)C2(CCN(c3ncnc4scc(-c5ccc(F)cc5)c34)CC2)N1. The van der Waals surface area contributed by atoms with Gasteiger partial charge in [0.25, 0.3) is 5.91 Å². The second-order valence-corrected chi connectivity index (χ2v) is 7.87. The summed E-state index contributed by atoms with van der Waals surface area (Å²) in [4.78, 5) is 35.6. The van der Waals surface area contributed by atoms with Crippen LogP contribution in [0.1, 0.15) is 12.8 Å². The van der Waals surface area contributed by atoms with Gasteiger partial charge < -0.3 is 10.2 Å². The number of nitrogens with zero attached hydrogens (tertiary/aromatic N) is 3. The van der Waals surface area contributed by atoms with E-state index in [4.69, 9.17) is 0 Å². The lowest BCUT2D eigenvalue weighted by atomic mass is 9.87. The van der Waals surface area contributed by atoms with Crippen molar-refractivity contribution in [2.75, 3.05) is 18.0 Å². The Morgan fingerprint density at radius 3 is 2.54 bits per heavy atom. The van der Waals surface area contributed by atoms with Crippen molar-refractivity contribution in [1.82, 2.24) is 20.6 Å². The molecule has 4 heterocycles. The summed E-state index contributed by atoms with van der Waals surface area (Å²) in [6.07, 6.45) is 2.55. The van der Waals surface area contributed by atoms with E-state index in [0.717, 1.165) is 27.2 Å². The monoisotopic (exact) mass is 397 g/mol. The summed E-state index contributed by atoms with van der Waals surface area (Å²) in [6, 6.07) is 5.94. The molecule has 7 nitrogen and oxygen atoms in total. The summed E-state index contributed by atoms with van der Waals surface area (Å²) in [6.45, 7) is 1.16. The second-order valence-electron chi connectivity index (χ2n) is 7.01. The minimum Gasteiger partial charge on any atom is -0.356 e. The fourth-order valence-corrected chi connectivity index (χ4v) is 4.83. The van der Waals surface area contributed by atoms with Crippen molar-refractivity contribution >= 4 is 39.3 Å². The number of halogens is 1. The van der Waals surface area contributed by atoms with E-state index in [-0.39, 0.29) is 11.7 Å². The number of rotatable bonds is 2. The number of nitrogens with one attached hydrogen (secondary N) is 2. The average molecular weight is 397 g/mol. The Kier molecular flexibility index (Phi) is 3.80. The molecule has 2 fully saturated rings. The molecule has 2 aliphatic rings. The third-order valence-electron chi connectivity index (χ3n) is 5.44. The number of thiophene rings is 1. The van der Waals surface area contributed by atoms with Crippen molar-refractivity contribution in [3.05, 3.63) is 41.8 Å². The first-order valence-corrected chi connectivity index (χ1v) is 9.80. The highest BCUT2D eigenvalue weighted by Crippen LogP contribution is 2.39. The van der Waals surface area contributed by atoms with E-state index < -0.39 is 11.6 Å². The predicted molar refractivity (Wildman–Crippen MR) is 104 cm³/mol. The first-order chi connectivity index (χ1) is 13.6. The lowest BCUT2D eigenvalue weighted by molar-refractivity contribution is -0.124. The van der Waals surface area contributed by atoms with Crippen LogP contribution in [0.25, 0.3) is 21.3 Å². The first-order valence-electron chi connectivity index (χ1n) is 8.92. The number of anilines is 1. The maximum absolute atomic E-state index is 13.3. The van der Waals surface area contributed by atoms with Gasteiger partial charge in [-0.05, 0) is 30.5 Å². The first kappa shape index (κ1) is 17.1. The average Bonchev–Trinajstić information content (AvgIpc) is 3.24. The Hall–Kier alpha value is -3.07. The summed E-state index contributed by atoms with van der Waals surface area (Å²) < 4.78 is 13.3. The van der Waals surface area contributed by atoms with Gasteiger partial charge in [0.2, 0.25) is 0 Å². The third kappa shape index (κ3) is 2.62. The molecule has 9 heteroatoms. The molecule has 142 valence electrons. The molecule has 1 aromatic carbocycles. The van der Waals surface area contributed by atoms with E-state index in [1.54, 1.807) is 12.1 Å². The minimum atomic E-state index is -0.825. The molecule has 3 amide bonds. The van der Waals surface area contributed by atoms with Crippen molar-refractivity contribution in [2.45, 2.75) is 18.4 Å². The number of amides is 3. The molecule has 1 spiro atoms. The summed E-state index contributed by atoms with van der Waals surface area (Å²) >= 11 is 1.52. The Bertz CT molecular complexity index is 1090. The zero-order chi connectivity index (χ0) is 19.3. The normalized spacial score (nSPS) is 18.5. The maximum Gasteiger partial charge on any atom is 0.322 e. The molecule has 5 rings (SSSR count). The molecule has 0 radical (unpaired) electrons. The molecule has 2 aliphatic heterocycles. The highest BCUT2D eigenvalue weighted by molar-refractivity contribution is 7.17. The molecule has 3 aromatic rings. The number of aromatic nitrogens is 2. The molecule has 2 saturated heterocycles. The largest absolute Gasteiger partial charge is 0.356 e. The fourth-order valence-electron chi connectivity index (χ4n) is 3.92. The molecule has 2 aromatic heterocycles. The number of benzene rings is 1. The highest BCUT2D eigenvalue weighted by Gasteiger charge is 2.48. The molecule has 0 aliphatic carbocycles. The van der Waals surface area contributed by atoms with E-state index >= 15 is 0 Å². The minimum absolute atomic E-state index is 0.257. The van der Waals surface area contributed by atoms with Crippen LogP contribution in [0.15, 0.2) is 36.0 Å². The standard InChI is InChI=1S/C19H16FN5O2S/c20-12-3-1-11(2-4-12)13-9-28-16-14(13)15(21-10-22-16)25-7-5-19(6-8-25)17(26)23-18(27)24-19/h1-4,9-10H,5-8H2,(H2,23,24,26,27). The molecule has 2 N–H and O–H groups in total. The Morgan fingerprint density at radius 1 is 1.11 bits per heavy atom. The second kappa shape index (κ2) is 6.23. The number of hydrogen-bond acceptors (Lipinski definition) is 6. The zero-order valence-corrected chi connectivity index (χ0v) is 15.6.